The zero-order valence-corrected chi connectivity index (χ0v) is 15.8. The van der Waals surface area contributed by atoms with Crippen LogP contribution in [0.2, 0.25) is 0 Å². The van der Waals surface area contributed by atoms with E-state index in [4.69, 9.17) is 4.74 Å². The predicted molar refractivity (Wildman–Crippen MR) is 103 cm³/mol. The van der Waals surface area contributed by atoms with Crippen molar-refractivity contribution >= 4 is 17.5 Å². The van der Waals surface area contributed by atoms with E-state index >= 15 is 0 Å². The van der Waals surface area contributed by atoms with Crippen molar-refractivity contribution in [2.75, 3.05) is 0 Å². The van der Waals surface area contributed by atoms with Crippen LogP contribution in [0.3, 0.4) is 0 Å². The SMILES string of the molecule is CC(=O)Oc1c(O)ccc2c1Cc1c(cccc1C(=O)C1CCCCC1)C2=O. The molecule has 0 radical (unpaired) electrons. The smallest absolute Gasteiger partial charge is 0.308 e. The molecule has 0 saturated heterocycles. The van der Waals surface area contributed by atoms with Gasteiger partial charge in [0.2, 0.25) is 0 Å². The van der Waals surface area contributed by atoms with Crippen LogP contribution in [0.4, 0.5) is 0 Å². The number of phenolic OH excluding ortho intramolecular Hbond substituents is 1. The van der Waals surface area contributed by atoms with E-state index < -0.39 is 5.97 Å². The van der Waals surface area contributed by atoms with E-state index in [0.29, 0.717) is 27.8 Å². The van der Waals surface area contributed by atoms with Crippen molar-refractivity contribution in [1.82, 2.24) is 0 Å². The quantitative estimate of drug-likeness (QED) is 0.419. The molecule has 0 amide bonds. The van der Waals surface area contributed by atoms with E-state index in [9.17, 15) is 19.5 Å². The molecule has 0 aliphatic heterocycles. The lowest BCUT2D eigenvalue weighted by atomic mass is 9.77. The van der Waals surface area contributed by atoms with Crippen molar-refractivity contribution < 1.29 is 24.2 Å². The van der Waals surface area contributed by atoms with Crippen LogP contribution in [0, 0.1) is 5.92 Å². The van der Waals surface area contributed by atoms with E-state index in [-0.39, 0.29) is 35.4 Å². The van der Waals surface area contributed by atoms with Crippen molar-refractivity contribution in [3.63, 3.8) is 0 Å². The van der Waals surface area contributed by atoms with Crippen LogP contribution in [0.1, 0.15) is 76.4 Å². The molecule has 0 unspecified atom stereocenters. The summed E-state index contributed by atoms with van der Waals surface area (Å²) in [7, 11) is 0. The number of ketones is 2. The second-order valence-electron chi connectivity index (χ2n) is 7.57. The molecule has 1 saturated carbocycles. The molecule has 0 aromatic heterocycles. The number of Topliss-reactive ketones (excluding diaryl/α,β-unsaturated/α-hetero) is 1. The zero-order valence-electron chi connectivity index (χ0n) is 15.8. The minimum Gasteiger partial charge on any atom is -0.504 e. The molecule has 0 bridgehead atoms. The van der Waals surface area contributed by atoms with E-state index in [2.05, 4.69) is 0 Å². The van der Waals surface area contributed by atoms with Crippen LogP contribution >= 0.6 is 0 Å². The molecule has 2 aliphatic rings. The molecule has 2 aromatic carbocycles. The lowest BCUT2D eigenvalue weighted by Crippen LogP contribution is -2.23. The summed E-state index contributed by atoms with van der Waals surface area (Å²) in [6.07, 6.45) is 5.30. The summed E-state index contributed by atoms with van der Waals surface area (Å²) >= 11 is 0. The third kappa shape index (κ3) is 3.11. The van der Waals surface area contributed by atoms with Crippen molar-refractivity contribution in [2.45, 2.75) is 45.4 Å². The van der Waals surface area contributed by atoms with Crippen LogP contribution in [-0.4, -0.2) is 22.6 Å². The van der Waals surface area contributed by atoms with Gasteiger partial charge in [0.25, 0.3) is 0 Å². The minimum atomic E-state index is -0.575. The van der Waals surface area contributed by atoms with Gasteiger partial charge in [0, 0.05) is 41.5 Å². The molecule has 4 rings (SSSR count). The molecule has 0 spiro atoms. The zero-order chi connectivity index (χ0) is 19.8. The summed E-state index contributed by atoms with van der Waals surface area (Å²) < 4.78 is 5.20. The van der Waals surface area contributed by atoms with Gasteiger partial charge < -0.3 is 9.84 Å². The van der Waals surface area contributed by atoms with Crippen molar-refractivity contribution in [3.8, 4) is 11.5 Å². The molecule has 2 aromatic rings. The van der Waals surface area contributed by atoms with E-state index in [1.165, 1.54) is 13.0 Å². The van der Waals surface area contributed by atoms with Gasteiger partial charge in [-0.3, -0.25) is 14.4 Å². The number of carbonyl (C=O) groups is 3. The number of esters is 1. The fourth-order valence-electron chi connectivity index (χ4n) is 4.39. The maximum atomic E-state index is 13.2. The fraction of sp³-hybridized carbons (Fsp3) is 0.348. The van der Waals surface area contributed by atoms with Gasteiger partial charge in [-0.25, -0.2) is 0 Å². The Kier molecular flexibility index (Phi) is 4.75. The highest BCUT2D eigenvalue weighted by Gasteiger charge is 2.32. The maximum Gasteiger partial charge on any atom is 0.308 e. The van der Waals surface area contributed by atoms with Crippen molar-refractivity contribution in [1.29, 1.82) is 0 Å². The van der Waals surface area contributed by atoms with Gasteiger partial charge in [-0.15, -0.1) is 0 Å². The van der Waals surface area contributed by atoms with Crippen molar-refractivity contribution in [2.24, 2.45) is 5.92 Å². The maximum absolute atomic E-state index is 13.2. The Morgan fingerprint density at radius 1 is 1.00 bits per heavy atom. The third-order valence-corrected chi connectivity index (χ3v) is 5.75. The lowest BCUT2D eigenvalue weighted by molar-refractivity contribution is -0.132. The summed E-state index contributed by atoms with van der Waals surface area (Å²) in [5.74, 6) is -0.905. The summed E-state index contributed by atoms with van der Waals surface area (Å²) in [6.45, 7) is 1.25. The first-order valence-electron chi connectivity index (χ1n) is 9.71. The number of carbonyl (C=O) groups excluding carboxylic acids is 3. The van der Waals surface area contributed by atoms with Crippen LogP contribution in [0.5, 0.6) is 11.5 Å². The number of ether oxygens (including phenoxy) is 1. The van der Waals surface area contributed by atoms with Gasteiger partial charge in [-0.05, 0) is 30.5 Å². The number of phenols is 1. The second-order valence-corrected chi connectivity index (χ2v) is 7.57. The van der Waals surface area contributed by atoms with Crippen LogP contribution < -0.4 is 4.74 Å². The Morgan fingerprint density at radius 2 is 1.71 bits per heavy atom. The van der Waals surface area contributed by atoms with Gasteiger partial charge in [0.1, 0.15) is 0 Å². The average Bonchev–Trinajstić information content (AvgIpc) is 2.70. The summed E-state index contributed by atoms with van der Waals surface area (Å²) in [5.41, 5.74) is 2.59. The Hall–Kier alpha value is -2.95. The molecule has 1 N–H and O–H groups in total. The molecular formula is C23H22O5. The highest BCUT2D eigenvalue weighted by atomic mass is 16.5. The van der Waals surface area contributed by atoms with E-state index in [1.54, 1.807) is 24.3 Å². The number of aromatic hydroxyl groups is 1. The van der Waals surface area contributed by atoms with Crippen LogP contribution in [0.15, 0.2) is 30.3 Å². The largest absolute Gasteiger partial charge is 0.504 e. The van der Waals surface area contributed by atoms with Crippen LogP contribution in [-0.2, 0) is 11.2 Å². The molecule has 144 valence electrons. The Labute approximate surface area is 163 Å². The number of hydrogen-bond acceptors (Lipinski definition) is 5. The molecule has 28 heavy (non-hydrogen) atoms. The fourth-order valence-corrected chi connectivity index (χ4v) is 4.39. The average molecular weight is 378 g/mol. The number of fused-ring (bicyclic) bond motifs is 2. The third-order valence-electron chi connectivity index (χ3n) is 5.75. The monoisotopic (exact) mass is 378 g/mol. The summed E-state index contributed by atoms with van der Waals surface area (Å²) in [6, 6.07) is 8.17. The number of hydrogen-bond donors (Lipinski definition) is 1. The topological polar surface area (TPSA) is 80.7 Å². The molecule has 0 atom stereocenters. The van der Waals surface area contributed by atoms with Crippen LogP contribution in [0.25, 0.3) is 0 Å². The number of rotatable bonds is 3. The Morgan fingerprint density at radius 3 is 2.43 bits per heavy atom. The molecular weight excluding hydrogens is 356 g/mol. The van der Waals surface area contributed by atoms with Gasteiger partial charge in [-0.2, -0.15) is 0 Å². The summed E-state index contributed by atoms with van der Waals surface area (Å²) in [5, 5.41) is 10.2. The number of benzene rings is 2. The highest BCUT2D eigenvalue weighted by molar-refractivity contribution is 6.15. The first kappa shape index (κ1) is 18.4. The highest BCUT2D eigenvalue weighted by Crippen LogP contribution is 2.40. The predicted octanol–water partition coefficient (Wildman–Crippen LogP) is 4.22. The molecule has 1 fully saturated rings. The molecule has 2 aliphatic carbocycles. The van der Waals surface area contributed by atoms with Crippen molar-refractivity contribution in [3.05, 3.63) is 58.1 Å². The van der Waals surface area contributed by atoms with Gasteiger partial charge in [0.15, 0.2) is 23.1 Å². The summed E-state index contributed by atoms with van der Waals surface area (Å²) in [4.78, 5) is 37.7. The first-order chi connectivity index (χ1) is 13.5. The van der Waals surface area contributed by atoms with Gasteiger partial charge in [0.05, 0.1) is 0 Å². The van der Waals surface area contributed by atoms with E-state index in [1.807, 2.05) is 0 Å². The lowest BCUT2D eigenvalue weighted by Gasteiger charge is -2.25. The first-order valence-corrected chi connectivity index (χ1v) is 9.71. The van der Waals surface area contributed by atoms with E-state index in [0.717, 1.165) is 32.1 Å². The minimum absolute atomic E-state index is 0.00363. The Balaban J connectivity index is 1.80. The Bertz CT molecular complexity index is 983. The molecule has 0 heterocycles. The normalized spacial score (nSPS) is 16.2. The second kappa shape index (κ2) is 7.23. The molecule has 5 nitrogen and oxygen atoms in total. The molecule has 5 heteroatoms. The van der Waals surface area contributed by atoms with Gasteiger partial charge in [-0.1, -0.05) is 37.5 Å². The van der Waals surface area contributed by atoms with Gasteiger partial charge >= 0.3 is 5.97 Å². The standard InChI is InChI=1S/C23H22O5/c1-13(24)28-23-19-12-18-15(21(26)14-6-3-2-4-7-14)8-5-9-16(18)22(27)17(19)10-11-20(23)25/h5,8-11,14,25H,2-4,6-7,12H2,1H3.